The largest absolute Gasteiger partial charge is 0.314 e. The van der Waals surface area contributed by atoms with Crippen LogP contribution in [0.4, 0.5) is 0 Å². The molecule has 4 heterocycles. The standard InChI is InChI=1S/C17H18ClN5/c18-14-3-4-17-21-15(12-23(17)10-14)11-22-7-6-20-9-16(22)13-2-1-5-19-8-13/h1-5,8,10,12,16,20H,6-7,9,11H2. The van der Waals surface area contributed by atoms with Gasteiger partial charge in [-0.2, -0.15) is 0 Å². The van der Waals surface area contributed by atoms with Gasteiger partial charge in [0.1, 0.15) is 5.65 Å². The zero-order valence-electron chi connectivity index (χ0n) is 12.7. The summed E-state index contributed by atoms with van der Waals surface area (Å²) in [7, 11) is 0. The molecule has 6 heteroatoms. The summed E-state index contributed by atoms with van der Waals surface area (Å²) < 4.78 is 1.99. The second-order valence-electron chi connectivity index (χ2n) is 5.82. The molecule has 0 amide bonds. The van der Waals surface area contributed by atoms with Gasteiger partial charge in [0.25, 0.3) is 0 Å². The summed E-state index contributed by atoms with van der Waals surface area (Å²) in [5.74, 6) is 0. The van der Waals surface area contributed by atoms with Crippen molar-refractivity contribution in [1.82, 2.24) is 24.6 Å². The summed E-state index contributed by atoms with van der Waals surface area (Å²) >= 11 is 6.05. The average Bonchev–Trinajstić information content (AvgIpc) is 2.97. The van der Waals surface area contributed by atoms with Gasteiger partial charge in [-0.15, -0.1) is 0 Å². The van der Waals surface area contributed by atoms with E-state index in [1.54, 1.807) is 0 Å². The van der Waals surface area contributed by atoms with E-state index in [9.17, 15) is 0 Å². The number of imidazole rings is 1. The summed E-state index contributed by atoms with van der Waals surface area (Å²) in [5, 5.41) is 4.19. The van der Waals surface area contributed by atoms with Crippen LogP contribution in [0, 0.1) is 0 Å². The van der Waals surface area contributed by atoms with Crippen LogP contribution < -0.4 is 5.32 Å². The third-order valence-electron chi connectivity index (χ3n) is 4.25. The highest BCUT2D eigenvalue weighted by Gasteiger charge is 2.24. The van der Waals surface area contributed by atoms with Crippen molar-refractivity contribution in [2.45, 2.75) is 12.6 Å². The Labute approximate surface area is 139 Å². The minimum atomic E-state index is 0.325. The van der Waals surface area contributed by atoms with Crippen LogP contribution in [-0.4, -0.2) is 38.9 Å². The molecule has 3 aromatic rings. The lowest BCUT2D eigenvalue weighted by atomic mass is 10.1. The molecule has 1 aliphatic rings. The smallest absolute Gasteiger partial charge is 0.137 e. The number of nitrogens with zero attached hydrogens (tertiary/aromatic N) is 4. The molecule has 0 saturated carbocycles. The van der Waals surface area contributed by atoms with Gasteiger partial charge in [0.2, 0.25) is 0 Å². The van der Waals surface area contributed by atoms with Crippen molar-refractivity contribution in [2.24, 2.45) is 0 Å². The Morgan fingerprint density at radius 1 is 1.26 bits per heavy atom. The van der Waals surface area contributed by atoms with Crippen LogP contribution >= 0.6 is 11.6 Å². The highest BCUT2D eigenvalue weighted by Crippen LogP contribution is 2.23. The normalized spacial score (nSPS) is 19.3. The fourth-order valence-corrected chi connectivity index (χ4v) is 3.31. The Balaban J connectivity index is 1.59. The van der Waals surface area contributed by atoms with E-state index >= 15 is 0 Å². The van der Waals surface area contributed by atoms with Crippen LogP contribution in [0.3, 0.4) is 0 Å². The van der Waals surface area contributed by atoms with Gasteiger partial charge in [0, 0.05) is 57.0 Å². The molecule has 1 unspecified atom stereocenters. The molecule has 1 fully saturated rings. The molecule has 118 valence electrons. The summed E-state index contributed by atoms with van der Waals surface area (Å²) in [6, 6.07) is 8.28. The van der Waals surface area contributed by atoms with E-state index in [0.29, 0.717) is 6.04 Å². The van der Waals surface area contributed by atoms with Gasteiger partial charge in [0.05, 0.1) is 10.7 Å². The molecule has 5 nitrogen and oxygen atoms in total. The minimum Gasteiger partial charge on any atom is -0.314 e. The van der Waals surface area contributed by atoms with Crippen LogP contribution in [0.5, 0.6) is 0 Å². The first-order chi connectivity index (χ1) is 11.3. The van der Waals surface area contributed by atoms with E-state index < -0.39 is 0 Å². The zero-order valence-corrected chi connectivity index (χ0v) is 13.4. The number of pyridine rings is 2. The number of aromatic nitrogens is 3. The van der Waals surface area contributed by atoms with Crippen molar-refractivity contribution < 1.29 is 0 Å². The molecule has 0 bridgehead atoms. The highest BCUT2D eigenvalue weighted by atomic mass is 35.5. The Hall–Kier alpha value is -1.95. The van der Waals surface area contributed by atoms with E-state index in [2.05, 4.69) is 27.5 Å². The second kappa shape index (κ2) is 6.28. The lowest BCUT2D eigenvalue weighted by molar-refractivity contribution is 0.152. The Bertz CT molecular complexity index is 801. The summed E-state index contributed by atoms with van der Waals surface area (Å²) in [4.78, 5) is 11.4. The molecule has 1 atom stereocenters. The fourth-order valence-electron chi connectivity index (χ4n) is 3.14. The summed E-state index contributed by atoms with van der Waals surface area (Å²) in [6.45, 7) is 3.75. The minimum absolute atomic E-state index is 0.325. The van der Waals surface area contributed by atoms with Gasteiger partial charge in [-0.3, -0.25) is 9.88 Å². The number of piperazine rings is 1. The quantitative estimate of drug-likeness (QED) is 0.803. The van der Waals surface area contributed by atoms with E-state index in [1.807, 2.05) is 41.2 Å². The number of hydrogen-bond donors (Lipinski definition) is 1. The maximum Gasteiger partial charge on any atom is 0.137 e. The van der Waals surface area contributed by atoms with Crippen LogP contribution in [0.15, 0.2) is 49.1 Å². The summed E-state index contributed by atoms with van der Waals surface area (Å²) in [5.41, 5.74) is 3.23. The average molecular weight is 328 g/mol. The molecule has 0 spiro atoms. The van der Waals surface area contributed by atoms with Gasteiger partial charge in [-0.25, -0.2) is 4.98 Å². The summed E-state index contributed by atoms with van der Waals surface area (Å²) in [6.07, 6.45) is 7.72. The van der Waals surface area contributed by atoms with Crippen LogP contribution in [-0.2, 0) is 6.54 Å². The molecule has 4 rings (SSSR count). The first-order valence-corrected chi connectivity index (χ1v) is 8.15. The number of halogens is 1. The maximum atomic E-state index is 6.05. The molecule has 1 N–H and O–H groups in total. The number of nitrogens with one attached hydrogen (secondary N) is 1. The van der Waals surface area contributed by atoms with E-state index in [1.165, 1.54) is 5.56 Å². The Kier molecular flexibility index (Phi) is 3.99. The van der Waals surface area contributed by atoms with Gasteiger partial charge >= 0.3 is 0 Å². The molecule has 0 radical (unpaired) electrons. The first kappa shape index (κ1) is 14.6. The lowest BCUT2D eigenvalue weighted by Gasteiger charge is -2.35. The molecule has 0 aromatic carbocycles. The predicted octanol–water partition coefficient (Wildman–Crippen LogP) is 2.53. The van der Waals surface area contributed by atoms with Crippen LogP contribution in [0.25, 0.3) is 5.65 Å². The third-order valence-corrected chi connectivity index (χ3v) is 4.48. The van der Waals surface area contributed by atoms with Crippen molar-refractivity contribution in [3.63, 3.8) is 0 Å². The first-order valence-electron chi connectivity index (χ1n) is 7.77. The third kappa shape index (κ3) is 3.08. The molecule has 3 aromatic heterocycles. The zero-order chi connectivity index (χ0) is 15.6. The van der Waals surface area contributed by atoms with Crippen molar-refractivity contribution >= 4 is 17.2 Å². The van der Waals surface area contributed by atoms with Crippen LogP contribution in [0.2, 0.25) is 5.02 Å². The highest BCUT2D eigenvalue weighted by molar-refractivity contribution is 6.30. The van der Waals surface area contributed by atoms with Crippen molar-refractivity contribution in [3.05, 3.63) is 65.3 Å². The SMILES string of the molecule is Clc1ccc2nc(CN3CCNCC3c3cccnc3)cn2c1. The van der Waals surface area contributed by atoms with E-state index in [0.717, 1.165) is 42.5 Å². The number of fused-ring (bicyclic) bond motifs is 1. The molecule has 1 saturated heterocycles. The molecular formula is C17H18ClN5. The van der Waals surface area contributed by atoms with Gasteiger partial charge in [0.15, 0.2) is 0 Å². The molecule has 23 heavy (non-hydrogen) atoms. The van der Waals surface area contributed by atoms with Gasteiger partial charge in [-0.05, 0) is 23.8 Å². The maximum absolute atomic E-state index is 6.05. The van der Waals surface area contributed by atoms with Gasteiger partial charge < -0.3 is 9.72 Å². The molecular weight excluding hydrogens is 310 g/mol. The lowest BCUT2D eigenvalue weighted by Crippen LogP contribution is -2.45. The van der Waals surface area contributed by atoms with E-state index in [-0.39, 0.29) is 0 Å². The molecule has 0 aliphatic carbocycles. The number of rotatable bonds is 3. The van der Waals surface area contributed by atoms with Crippen molar-refractivity contribution in [2.75, 3.05) is 19.6 Å². The second-order valence-corrected chi connectivity index (χ2v) is 6.26. The fraction of sp³-hybridized carbons (Fsp3) is 0.294. The van der Waals surface area contributed by atoms with Crippen LogP contribution in [0.1, 0.15) is 17.3 Å². The van der Waals surface area contributed by atoms with Crippen molar-refractivity contribution in [1.29, 1.82) is 0 Å². The molecule has 1 aliphatic heterocycles. The topological polar surface area (TPSA) is 45.5 Å². The Morgan fingerprint density at radius 3 is 3.09 bits per heavy atom. The number of hydrogen-bond acceptors (Lipinski definition) is 4. The van der Waals surface area contributed by atoms with Crippen molar-refractivity contribution in [3.8, 4) is 0 Å². The van der Waals surface area contributed by atoms with Gasteiger partial charge in [-0.1, -0.05) is 17.7 Å². The monoisotopic (exact) mass is 327 g/mol. The van der Waals surface area contributed by atoms with E-state index in [4.69, 9.17) is 16.6 Å². The Morgan fingerprint density at radius 2 is 2.22 bits per heavy atom. The predicted molar refractivity (Wildman–Crippen MR) is 90.5 cm³/mol.